The summed E-state index contributed by atoms with van der Waals surface area (Å²) in [6.07, 6.45) is 4.72. The van der Waals surface area contributed by atoms with Crippen LogP contribution in [0.3, 0.4) is 0 Å². The molecule has 1 fully saturated rings. The molecule has 1 amide bonds. The Labute approximate surface area is 163 Å². The monoisotopic (exact) mass is 377 g/mol. The van der Waals surface area contributed by atoms with E-state index in [1.807, 2.05) is 35.2 Å². The number of nitrogens with zero attached hydrogens (tertiary/aromatic N) is 1. The lowest BCUT2D eigenvalue weighted by molar-refractivity contribution is -0.136. The number of carbonyl (C=O) groups is 1. The summed E-state index contributed by atoms with van der Waals surface area (Å²) in [6, 6.07) is 14.8. The number of likely N-dealkylation sites (tertiary alicyclic amines) is 1. The molecule has 2 heterocycles. The molecule has 28 heavy (non-hydrogen) atoms. The third-order valence-electron chi connectivity index (χ3n) is 5.32. The fraction of sp³-hybridized carbons (Fsp3) is 0.304. The van der Waals surface area contributed by atoms with E-state index in [-0.39, 0.29) is 24.0 Å². The minimum absolute atomic E-state index is 0.00632. The summed E-state index contributed by atoms with van der Waals surface area (Å²) in [4.78, 5) is 27.1. The molecule has 1 aliphatic rings. The minimum Gasteiger partial charge on any atom is -0.484 e. The van der Waals surface area contributed by atoms with Crippen LogP contribution in [0, 0.1) is 0 Å². The van der Waals surface area contributed by atoms with E-state index >= 15 is 0 Å². The van der Waals surface area contributed by atoms with E-state index < -0.39 is 0 Å². The van der Waals surface area contributed by atoms with Gasteiger partial charge in [0, 0.05) is 18.7 Å². The summed E-state index contributed by atoms with van der Waals surface area (Å²) < 4.78 is 11.4. The van der Waals surface area contributed by atoms with Gasteiger partial charge in [-0.3, -0.25) is 9.59 Å². The van der Waals surface area contributed by atoms with Crippen LogP contribution in [0.15, 0.2) is 64.0 Å². The van der Waals surface area contributed by atoms with Crippen molar-refractivity contribution >= 4 is 16.9 Å². The third-order valence-corrected chi connectivity index (χ3v) is 5.32. The first kappa shape index (κ1) is 18.3. The number of carbonyl (C=O) groups excluding carboxylic acids is 1. The Kier molecular flexibility index (Phi) is 5.15. The van der Waals surface area contributed by atoms with Crippen molar-refractivity contribution in [3.63, 3.8) is 0 Å². The van der Waals surface area contributed by atoms with E-state index in [9.17, 15) is 9.59 Å². The second kappa shape index (κ2) is 7.89. The molecule has 5 nitrogen and oxygen atoms in total. The average Bonchev–Trinajstić information content (AvgIpc) is 2.73. The zero-order chi connectivity index (χ0) is 19.5. The van der Waals surface area contributed by atoms with Crippen LogP contribution < -0.4 is 10.2 Å². The second-order valence-corrected chi connectivity index (χ2v) is 7.22. The van der Waals surface area contributed by atoms with Crippen molar-refractivity contribution in [2.45, 2.75) is 32.2 Å². The Balaban J connectivity index is 1.52. The molecule has 4 rings (SSSR count). The summed E-state index contributed by atoms with van der Waals surface area (Å²) in [5.74, 6) is 0.509. The molecular weight excluding hydrogens is 354 g/mol. The SMILES string of the molecule is C[C@H]1CCCCN1C(=O)COc1ccc2c(=O)c(-c3ccccc3)coc2c1. The molecule has 0 unspecified atom stereocenters. The van der Waals surface area contributed by atoms with Crippen molar-refractivity contribution in [3.05, 3.63) is 65.0 Å². The molecule has 0 bridgehead atoms. The number of hydrogen-bond donors (Lipinski definition) is 0. The quantitative estimate of drug-likeness (QED) is 0.682. The number of hydrogen-bond acceptors (Lipinski definition) is 4. The van der Waals surface area contributed by atoms with Gasteiger partial charge in [0.1, 0.15) is 17.6 Å². The lowest BCUT2D eigenvalue weighted by Crippen LogP contribution is -2.44. The van der Waals surface area contributed by atoms with Crippen molar-refractivity contribution in [2.75, 3.05) is 13.2 Å². The summed E-state index contributed by atoms with van der Waals surface area (Å²) in [6.45, 7) is 2.85. The van der Waals surface area contributed by atoms with Crippen LogP contribution in [0.4, 0.5) is 0 Å². The van der Waals surface area contributed by atoms with Crippen molar-refractivity contribution in [3.8, 4) is 16.9 Å². The van der Waals surface area contributed by atoms with E-state index in [2.05, 4.69) is 6.92 Å². The van der Waals surface area contributed by atoms with Crippen LogP contribution in [0.25, 0.3) is 22.1 Å². The number of fused-ring (bicyclic) bond motifs is 1. The minimum atomic E-state index is -0.0859. The molecule has 3 aromatic rings. The Hall–Kier alpha value is -3.08. The summed E-state index contributed by atoms with van der Waals surface area (Å²) in [5, 5.41) is 0.490. The van der Waals surface area contributed by atoms with Gasteiger partial charge in [0.15, 0.2) is 12.0 Å². The highest BCUT2D eigenvalue weighted by Gasteiger charge is 2.23. The normalized spacial score (nSPS) is 16.9. The first-order chi connectivity index (χ1) is 13.6. The lowest BCUT2D eigenvalue weighted by atomic mass is 10.0. The van der Waals surface area contributed by atoms with Gasteiger partial charge in [-0.25, -0.2) is 0 Å². The van der Waals surface area contributed by atoms with Gasteiger partial charge in [0.05, 0.1) is 10.9 Å². The fourth-order valence-electron chi connectivity index (χ4n) is 3.71. The average molecular weight is 377 g/mol. The Morgan fingerprint density at radius 1 is 1.18 bits per heavy atom. The second-order valence-electron chi connectivity index (χ2n) is 7.22. The van der Waals surface area contributed by atoms with Crippen molar-refractivity contribution < 1.29 is 13.9 Å². The number of benzene rings is 2. The molecular formula is C23H23NO4. The van der Waals surface area contributed by atoms with Gasteiger partial charge in [0.2, 0.25) is 0 Å². The van der Waals surface area contributed by atoms with Crippen LogP contribution in [-0.2, 0) is 4.79 Å². The molecule has 2 aromatic carbocycles. The molecule has 1 atom stereocenters. The maximum Gasteiger partial charge on any atom is 0.260 e. The Bertz CT molecular complexity index is 1040. The zero-order valence-corrected chi connectivity index (χ0v) is 15.9. The van der Waals surface area contributed by atoms with Crippen molar-refractivity contribution in [1.82, 2.24) is 4.90 Å². The molecule has 0 radical (unpaired) electrons. The van der Waals surface area contributed by atoms with Crippen LogP contribution >= 0.6 is 0 Å². The van der Waals surface area contributed by atoms with Crippen LogP contribution in [0.1, 0.15) is 26.2 Å². The van der Waals surface area contributed by atoms with Crippen LogP contribution in [0.2, 0.25) is 0 Å². The highest BCUT2D eigenvalue weighted by molar-refractivity contribution is 5.83. The predicted molar refractivity (Wildman–Crippen MR) is 108 cm³/mol. The van der Waals surface area contributed by atoms with Gasteiger partial charge in [-0.05, 0) is 43.9 Å². The number of rotatable bonds is 4. The van der Waals surface area contributed by atoms with Gasteiger partial charge >= 0.3 is 0 Å². The van der Waals surface area contributed by atoms with Gasteiger partial charge in [0.25, 0.3) is 5.91 Å². The molecule has 144 valence electrons. The maximum atomic E-state index is 12.8. The molecule has 1 aromatic heterocycles. The highest BCUT2D eigenvalue weighted by Crippen LogP contribution is 2.23. The topological polar surface area (TPSA) is 59.8 Å². The summed E-state index contributed by atoms with van der Waals surface area (Å²) in [7, 11) is 0. The van der Waals surface area contributed by atoms with E-state index in [1.165, 1.54) is 12.7 Å². The number of piperidine rings is 1. The van der Waals surface area contributed by atoms with Crippen molar-refractivity contribution in [1.29, 1.82) is 0 Å². The summed E-state index contributed by atoms with van der Waals surface area (Å²) >= 11 is 0. The standard InChI is InChI=1S/C23H23NO4/c1-16-7-5-6-12-24(16)22(25)15-27-18-10-11-19-21(13-18)28-14-20(23(19)26)17-8-3-2-4-9-17/h2-4,8-11,13-14,16H,5-7,12,15H2,1H3/t16-/m0/s1. The first-order valence-electron chi connectivity index (χ1n) is 9.67. The zero-order valence-electron chi connectivity index (χ0n) is 15.9. The van der Waals surface area contributed by atoms with Crippen molar-refractivity contribution in [2.24, 2.45) is 0 Å². The van der Waals surface area contributed by atoms with Crippen LogP contribution in [0.5, 0.6) is 5.75 Å². The first-order valence-corrected chi connectivity index (χ1v) is 9.67. The molecule has 1 saturated heterocycles. The summed E-state index contributed by atoms with van der Waals surface area (Å²) in [5.41, 5.74) is 1.70. The third kappa shape index (κ3) is 3.65. The molecule has 1 aliphatic heterocycles. The molecule has 0 spiro atoms. The van der Waals surface area contributed by atoms with Gasteiger partial charge < -0.3 is 14.1 Å². The van der Waals surface area contributed by atoms with Gasteiger partial charge in [-0.15, -0.1) is 0 Å². The van der Waals surface area contributed by atoms with E-state index in [0.29, 0.717) is 22.3 Å². The Morgan fingerprint density at radius 3 is 2.79 bits per heavy atom. The van der Waals surface area contributed by atoms with E-state index in [0.717, 1.165) is 24.9 Å². The van der Waals surface area contributed by atoms with E-state index in [4.69, 9.17) is 9.15 Å². The fourth-order valence-corrected chi connectivity index (χ4v) is 3.71. The smallest absolute Gasteiger partial charge is 0.260 e. The van der Waals surface area contributed by atoms with E-state index in [1.54, 1.807) is 18.2 Å². The molecule has 0 N–H and O–H groups in total. The molecule has 0 saturated carbocycles. The van der Waals surface area contributed by atoms with Gasteiger partial charge in [-0.1, -0.05) is 30.3 Å². The maximum absolute atomic E-state index is 12.8. The predicted octanol–water partition coefficient (Wildman–Crippen LogP) is 4.24. The highest BCUT2D eigenvalue weighted by atomic mass is 16.5. The largest absolute Gasteiger partial charge is 0.484 e. The lowest BCUT2D eigenvalue weighted by Gasteiger charge is -2.33. The van der Waals surface area contributed by atoms with Gasteiger partial charge in [-0.2, -0.15) is 0 Å². The molecule has 5 heteroatoms. The Morgan fingerprint density at radius 2 is 2.00 bits per heavy atom. The molecule has 0 aliphatic carbocycles. The number of amides is 1. The van der Waals surface area contributed by atoms with Crippen LogP contribution in [-0.4, -0.2) is 30.0 Å². The number of ether oxygens (including phenoxy) is 1.